The molecule has 1 aliphatic rings. The van der Waals surface area contributed by atoms with Crippen LogP contribution in [-0.2, 0) is 4.74 Å². The topological polar surface area (TPSA) is 55.6 Å². The van der Waals surface area contributed by atoms with Crippen LogP contribution in [0.25, 0.3) is 0 Å². The highest BCUT2D eigenvalue weighted by atomic mass is 16.6. The molecule has 0 aromatic heterocycles. The van der Waals surface area contributed by atoms with Crippen LogP contribution in [0.2, 0.25) is 0 Å². The molecule has 4 heteroatoms. The standard InChI is InChI=1S/C9H18N2O2/c1-9(2,3)11-5-4-7(6-11)13-8(10)12/h7H,4-6H2,1-3H3,(H2,10,12). The number of nitrogens with zero attached hydrogens (tertiary/aromatic N) is 1. The Hall–Kier alpha value is -0.770. The van der Waals surface area contributed by atoms with Gasteiger partial charge in [-0.05, 0) is 27.2 Å². The van der Waals surface area contributed by atoms with Crippen LogP contribution in [0.3, 0.4) is 0 Å². The van der Waals surface area contributed by atoms with Gasteiger partial charge in [0.25, 0.3) is 0 Å². The predicted molar refractivity (Wildman–Crippen MR) is 50.4 cm³/mol. The second-order valence-corrected chi connectivity index (χ2v) is 4.46. The maximum atomic E-state index is 10.5. The lowest BCUT2D eigenvalue weighted by atomic mass is 10.1. The second kappa shape index (κ2) is 3.54. The van der Waals surface area contributed by atoms with Crippen molar-refractivity contribution in [1.29, 1.82) is 0 Å². The van der Waals surface area contributed by atoms with Gasteiger partial charge < -0.3 is 10.5 Å². The van der Waals surface area contributed by atoms with Crippen molar-refractivity contribution in [3.05, 3.63) is 0 Å². The number of amides is 1. The minimum Gasteiger partial charge on any atom is -0.445 e. The van der Waals surface area contributed by atoms with Crippen LogP contribution in [0.15, 0.2) is 0 Å². The van der Waals surface area contributed by atoms with Gasteiger partial charge in [0.1, 0.15) is 6.10 Å². The fourth-order valence-corrected chi connectivity index (χ4v) is 1.60. The summed E-state index contributed by atoms with van der Waals surface area (Å²) >= 11 is 0. The van der Waals surface area contributed by atoms with E-state index in [4.69, 9.17) is 10.5 Å². The molecule has 4 nitrogen and oxygen atoms in total. The van der Waals surface area contributed by atoms with Crippen molar-refractivity contribution in [2.24, 2.45) is 5.73 Å². The number of carbonyl (C=O) groups excluding carboxylic acids is 1. The first-order chi connectivity index (χ1) is 5.89. The molecule has 1 rings (SSSR count). The Morgan fingerprint density at radius 3 is 2.54 bits per heavy atom. The van der Waals surface area contributed by atoms with Crippen molar-refractivity contribution in [3.63, 3.8) is 0 Å². The molecule has 0 aliphatic carbocycles. The highest BCUT2D eigenvalue weighted by Gasteiger charge is 2.31. The highest BCUT2D eigenvalue weighted by Crippen LogP contribution is 2.21. The zero-order chi connectivity index (χ0) is 10.1. The number of hydrogen-bond donors (Lipinski definition) is 1. The Morgan fingerprint density at radius 1 is 1.54 bits per heavy atom. The smallest absolute Gasteiger partial charge is 0.404 e. The quantitative estimate of drug-likeness (QED) is 0.663. The molecule has 1 aliphatic heterocycles. The van der Waals surface area contributed by atoms with Crippen LogP contribution in [0.4, 0.5) is 4.79 Å². The minimum absolute atomic E-state index is 0.0169. The maximum absolute atomic E-state index is 10.5. The molecule has 13 heavy (non-hydrogen) atoms. The summed E-state index contributed by atoms with van der Waals surface area (Å²) in [7, 11) is 0. The van der Waals surface area contributed by atoms with Gasteiger partial charge in [0.15, 0.2) is 0 Å². The largest absolute Gasteiger partial charge is 0.445 e. The molecular weight excluding hydrogens is 168 g/mol. The fraction of sp³-hybridized carbons (Fsp3) is 0.889. The summed E-state index contributed by atoms with van der Waals surface area (Å²) in [4.78, 5) is 12.8. The molecule has 0 radical (unpaired) electrons. The van der Waals surface area contributed by atoms with Crippen molar-refractivity contribution in [2.45, 2.75) is 38.8 Å². The SMILES string of the molecule is CC(C)(C)N1CCC(OC(N)=O)C1. The van der Waals surface area contributed by atoms with Crippen molar-refractivity contribution >= 4 is 6.09 Å². The summed E-state index contributed by atoms with van der Waals surface area (Å²) in [6, 6.07) is 0. The number of nitrogens with two attached hydrogens (primary N) is 1. The zero-order valence-corrected chi connectivity index (χ0v) is 8.54. The number of ether oxygens (including phenoxy) is 1. The summed E-state index contributed by atoms with van der Waals surface area (Å²) in [6.45, 7) is 8.23. The number of carbonyl (C=O) groups is 1. The lowest BCUT2D eigenvalue weighted by Gasteiger charge is -2.31. The van der Waals surface area contributed by atoms with Crippen LogP contribution in [0.1, 0.15) is 27.2 Å². The molecule has 1 saturated heterocycles. The lowest BCUT2D eigenvalue weighted by Crippen LogP contribution is -2.40. The van der Waals surface area contributed by atoms with Gasteiger partial charge in [-0.15, -0.1) is 0 Å². The predicted octanol–water partition coefficient (Wildman–Crippen LogP) is 0.955. The minimum atomic E-state index is -0.666. The third kappa shape index (κ3) is 2.88. The molecule has 2 N–H and O–H groups in total. The van der Waals surface area contributed by atoms with Crippen LogP contribution < -0.4 is 5.73 Å². The number of likely N-dealkylation sites (tertiary alicyclic amines) is 1. The zero-order valence-electron chi connectivity index (χ0n) is 8.54. The number of hydrogen-bond acceptors (Lipinski definition) is 3. The first kappa shape index (κ1) is 10.3. The van der Waals surface area contributed by atoms with E-state index in [2.05, 4.69) is 25.7 Å². The highest BCUT2D eigenvalue weighted by molar-refractivity contribution is 5.64. The Labute approximate surface area is 79.0 Å². The van der Waals surface area contributed by atoms with Crippen LogP contribution in [0, 0.1) is 0 Å². The summed E-state index contributed by atoms with van der Waals surface area (Å²) < 4.78 is 4.93. The molecule has 1 fully saturated rings. The molecule has 0 bridgehead atoms. The summed E-state index contributed by atoms with van der Waals surface area (Å²) in [5, 5.41) is 0. The van der Waals surface area contributed by atoms with Crippen LogP contribution >= 0.6 is 0 Å². The molecule has 1 atom stereocenters. The number of rotatable bonds is 1. The van der Waals surface area contributed by atoms with Gasteiger partial charge in [-0.1, -0.05) is 0 Å². The van der Waals surface area contributed by atoms with Crippen LogP contribution in [-0.4, -0.2) is 35.7 Å². The fourth-order valence-electron chi connectivity index (χ4n) is 1.60. The summed E-state index contributed by atoms with van der Waals surface area (Å²) in [5.74, 6) is 0. The van der Waals surface area contributed by atoms with E-state index in [1.165, 1.54) is 0 Å². The molecule has 0 spiro atoms. The first-order valence-corrected chi connectivity index (χ1v) is 4.61. The van der Waals surface area contributed by atoms with Gasteiger partial charge in [-0.3, -0.25) is 4.90 Å². The Morgan fingerprint density at radius 2 is 2.15 bits per heavy atom. The normalized spacial score (nSPS) is 24.7. The molecule has 0 saturated carbocycles. The van der Waals surface area contributed by atoms with E-state index in [0.29, 0.717) is 0 Å². The van der Waals surface area contributed by atoms with E-state index in [0.717, 1.165) is 19.5 Å². The molecule has 1 unspecified atom stereocenters. The van der Waals surface area contributed by atoms with Gasteiger partial charge in [0.05, 0.1) is 0 Å². The van der Waals surface area contributed by atoms with E-state index in [-0.39, 0.29) is 11.6 Å². The van der Waals surface area contributed by atoms with E-state index in [9.17, 15) is 4.79 Å². The summed E-state index contributed by atoms with van der Waals surface area (Å²) in [5.41, 5.74) is 5.10. The van der Waals surface area contributed by atoms with Crippen molar-refractivity contribution < 1.29 is 9.53 Å². The third-order valence-electron chi connectivity index (χ3n) is 2.38. The van der Waals surface area contributed by atoms with Crippen molar-refractivity contribution in [1.82, 2.24) is 4.90 Å². The van der Waals surface area contributed by atoms with E-state index in [1.54, 1.807) is 0 Å². The Balaban J connectivity index is 2.41. The van der Waals surface area contributed by atoms with Gasteiger partial charge in [0.2, 0.25) is 0 Å². The monoisotopic (exact) mass is 186 g/mol. The Kier molecular flexibility index (Phi) is 2.81. The lowest BCUT2D eigenvalue weighted by molar-refractivity contribution is 0.0949. The molecule has 1 amide bonds. The molecular formula is C9H18N2O2. The van der Waals surface area contributed by atoms with Gasteiger partial charge >= 0.3 is 6.09 Å². The van der Waals surface area contributed by atoms with Crippen LogP contribution in [0.5, 0.6) is 0 Å². The second-order valence-electron chi connectivity index (χ2n) is 4.46. The Bertz CT molecular complexity index is 198. The maximum Gasteiger partial charge on any atom is 0.404 e. The van der Waals surface area contributed by atoms with E-state index < -0.39 is 6.09 Å². The average Bonchev–Trinajstić information content (AvgIpc) is 2.32. The molecule has 0 aromatic rings. The number of primary amides is 1. The average molecular weight is 186 g/mol. The summed E-state index contributed by atoms with van der Waals surface area (Å²) in [6.07, 6.45) is 0.206. The van der Waals surface area contributed by atoms with E-state index in [1.807, 2.05) is 0 Å². The van der Waals surface area contributed by atoms with Crippen molar-refractivity contribution in [3.8, 4) is 0 Å². The molecule has 1 heterocycles. The van der Waals surface area contributed by atoms with Gasteiger partial charge in [0, 0.05) is 18.6 Å². The van der Waals surface area contributed by atoms with Gasteiger partial charge in [-0.25, -0.2) is 4.79 Å². The van der Waals surface area contributed by atoms with E-state index >= 15 is 0 Å². The molecule has 76 valence electrons. The molecule has 0 aromatic carbocycles. The van der Waals surface area contributed by atoms with Crippen molar-refractivity contribution in [2.75, 3.05) is 13.1 Å². The first-order valence-electron chi connectivity index (χ1n) is 4.61. The third-order valence-corrected chi connectivity index (χ3v) is 2.38. The van der Waals surface area contributed by atoms with Gasteiger partial charge in [-0.2, -0.15) is 0 Å².